The molecule has 0 spiro atoms. The van der Waals surface area contributed by atoms with Gasteiger partial charge in [-0.3, -0.25) is 4.79 Å². The van der Waals surface area contributed by atoms with E-state index in [0.29, 0.717) is 6.42 Å². The molecule has 3 atom stereocenters. The molecule has 1 aliphatic rings. The minimum atomic E-state index is -2.25. The fourth-order valence-corrected chi connectivity index (χ4v) is 5.72. The molecule has 0 bridgehead atoms. The third-order valence-corrected chi connectivity index (χ3v) is 11.9. The Morgan fingerprint density at radius 3 is 2.15 bits per heavy atom. The lowest BCUT2D eigenvalue weighted by Crippen LogP contribution is -2.54. The average Bonchev–Trinajstić information content (AvgIpc) is 3.12. The van der Waals surface area contributed by atoms with Gasteiger partial charge in [-0.25, -0.2) is 9.69 Å². The van der Waals surface area contributed by atoms with Crippen molar-refractivity contribution in [1.82, 2.24) is 4.90 Å². The first-order valence-electron chi connectivity index (χ1n) is 11.7. The van der Waals surface area contributed by atoms with Gasteiger partial charge in [0.2, 0.25) is 5.91 Å². The summed E-state index contributed by atoms with van der Waals surface area (Å²) in [4.78, 5) is 27.9. The summed E-state index contributed by atoms with van der Waals surface area (Å²) in [6.45, 7) is 15.0. The Morgan fingerprint density at radius 1 is 1.06 bits per heavy atom. The quantitative estimate of drug-likeness (QED) is 0.458. The highest BCUT2D eigenvalue weighted by atomic mass is 28.4. The van der Waals surface area contributed by atoms with E-state index in [-0.39, 0.29) is 23.6 Å². The number of benzene rings is 2. The molecule has 2 aromatic carbocycles. The van der Waals surface area contributed by atoms with E-state index in [0.717, 1.165) is 11.1 Å². The largest absolute Gasteiger partial charge is 0.447 e. The predicted molar refractivity (Wildman–Crippen MR) is 133 cm³/mol. The molecule has 33 heavy (non-hydrogen) atoms. The molecular formula is C27H37NO4Si. The van der Waals surface area contributed by atoms with Crippen LogP contribution in [0.3, 0.4) is 0 Å². The monoisotopic (exact) mass is 467 g/mol. The van der Waals surface area contributed by atoms with Crippen LogP contribution in [0, 0.1) is 5.92 Å². The summed E-state index contributed by atoms with van der Waals surface area (Å²) in [6.07, 6.45) is -0.00794. The van der Waals surface area contributed by atoms with Gasteiger partial charge >= 0.3 is 6.09 Å². The van der Waals surface area contributed by atoms with E-state index in [1.807, 2.05) is 74.5 Å². The van der Waals surface area contributed by atoms with Gasteiger partial charge in [0.15, 0.2) is 8.32 Å². The number of ether oxygens (including phenoxy) is 1. The lowest BCUT2D eigenvalue weighted by Gasteiger charge is -2.47. The van der Waals surface area contributed by atoms with Gasteiger partial charge in [0.05, 0.1) is 17.6 Å². The van der Waals surface area contributed by atoms with Gasteiger partial charge < -0.3 is 9.16 Å². The van der Waals surface area contributed by atoms with Crippen LogP contribution < -0.4 is 0 Å². The van der Waals surface area contributed by atoms with E-state index in [1.165, 1.54) is 4.90 Å². The molecule has 1 saturated heterocycles. The summed E-state index contributed by atoms with van der Waals surface area (Å²) in [7, 11) is -2.25. The maximum Gasteiger partial charge on any atom is 0.416 e. The van der Waals surface area contributed by atoms with Crippen LogP contribution in [0.4, 0.5) is 4.79 Å². The third-order valence-electron chi connectivity index (χ3n) is 7.33. The Morgan fingerprint density at radius 2 is 1.61 bits per heavy atom. The average molecular weight is 468 g/mol. The van der Waals surface area contributed by atoms with Crippen LogP contribution in [-0.2, 0) is 26.0 Å². The maximum atomic E-state index is 13.9. The third kappa shape index (κ3) is 5.22. The van der Waals surface area contributed by atoms with Crippen molar-refractivity contribution < 1.29 is 18.8 Å². The minimum absolute atomic E-state index is 0.0335. The SMILES string of the molecule is C[C@H](C(=O)N1C(=O)OC[C@H]1Cc1ccccc1)[C@@](C)(O[Si](C)(C)C(C)(C)C)c1ccccc1. The van der Waals surface area contributed by atoms with Crippen molar-refractivity contribution in [3.05, 3.63) is 71.8 Å². The zero-order valence-electron chi connectivity index (χ0n) is 20.9. The van der Waals surface area contributed by atoms with Gasteiger partial charge in [-0.1, -0.05) is 88.4 Å². The molecule has 1 fully saturated rings. The van der Waals surface area contributed by atoms with Gasteiger partial charge in [-0.15, -0.1) is 0 Å². The molecule has 0 N–H and O–H groups in total. The minimum Gasteiger partial charge on any atom is -0.447 e. The number of amides is 2. The highest BCUT2D eigenvalue weighted by molar-refractivity contribution is 6.74. The number of nitrogens with zero attached hydrogens (tertiary/aromatic N) is 1. The second-order valence-electron chi connectivity index (χ2n) is 10.7. The summed E-state index contributed by atoms with van der Waals surface area (Å²) in [5.41, 5.74) is 1.11. The summed E-state index contributed by atoms with van der Waals surface area (Å²) < 4.78 is 12.3. The Kier molecular flexibility index (Phi) is 7.20. The molecule has 2 aromatic rings. The predicted octanol–water partition coefficient (Wildman–Crippen LogP) is 6.15. The van der Waals surface area contributed by atoms with E-state index < -0.39 is 25.9 Å². The number of hydrogen-bond donors (Lipinski definition) is 0. The van der Waals surface area contributed by atoms with E-state index in [9.17, 15) is 9.59 Å². The number of imide groups is 1. The summed E-state index contributed by atoms with van der Waals surface area (Å²) in [5.74, 6) is -0.846. The number of carbonyl (C=O) groups excluding carboxylic acids is 2. The second-order valence-corrected chi connectivity index (χ2v) is 15.4. The normalized spacial score (nSPS) is 19.7. The van der Waals surface area contributed by atoms with Crippen molar-refractivity contribution in [3.63, 3.8) is 0 Å². The molecule has 0 saturated carbocycles. The van der Waals surface area contributed by atoms with E-state index in [4.69, 9.17) is 9.16 Å². The lowest BCUT2D eigenvalue weighted by atomic mass is 9.83. The van der Waals surface area contributed by atoms with E-state index >= 15 is 0 Å². The molecule has 0 radical (unpaired) electrons. The van der Waals surface area contributed by atoms with E-state index in [2.05, 4.69) is 33.9 Å². The first-order valence-corrected chi connectivity index (χ1v) is 14.6. The van der Waals surface area contributed by atoms with Crippen molar-refractivity contribution in [1.29, 1.82) is 0 Å². The molecular weight excluding hydrogens is 430 g/mol. The summed E-state index contributed by atoms with van der Waals surface area (Å²) in [5, 5.41) is -0.0335. The van der Waals surface area contributed by atoms with Crippen molar-refractivity contribution in [2.24, 2.45) is 5.92 Å². The van der Waals surface area contributed by atoms with Gasteiger partial charge in [0.1, 0.15) is 6.61 Å². The van der Waals surface area contributed by atoms with Crippen LogP contribution in [0.1, 0.15) is 45.7 Å². The van der Waals surface area contributed by atoms with Crippen LogP contribution in [-0.4, -0.2) is 37.9 Å². The fraction of sp³-hybridized carbons (Fsp3) is 0.481. The van der Waals surface area contributed by atoms with Gasteiger partial charge in [0.25, 0.3) is 0 Å². The zero-order valence-corrected chi connectivity index (χ0v) is 21.9. The molecule has 1 aliphatic heterocycles. The summed E-state index contributed by atoms with van der Waals surface area (Å²) >= 11 is 0. The van der Waals surface area contributed by atoms with Crippen molar-refractivity contribution in [2.75, 3.05) is 6.61 Å². The van der Waals surface area contributed by atoms with E-state index in [1.54, 1.807) is 0 Å². The smallest absolute Gasteiger partial charge is 0.416 e. The molecule has 3 rings (SSSR count). The van der Waals surface area contributed by atoms with Crippen molar-refractivity contribution in [3.8, 4) is 0 Å². The standard InChI is InChI=1S/C27H37NO4Si/c1-20(24(29)28-23(19-31-25(28)30)18-21-14-10-8-11-15-21)27(5,22-16-12-9-13-17-22)32-33(6,7)26(2,3)4/h8-17,20,23H,18-19H2,1-7H3/t20-,23-,27-/m1/s1. The zero-order chi connectivity index (χ0) is 24.4. The lowest BCUT2D eigenvalue weighted by molar-refractivity contribution is -0.140. The Bertz CT molecular complexity index is 971. The molecule has 2 amide bonds. The Balaban J connectivity index is 1.95. The molecule has 178 valence electrons. The number of rotatable bonds is 7. The molecule has 0 aliphatic carbocycles. The summed E-state index contributed by atoms with van der Waals surface area (Å²) in [6, 6.07) is 19.4. The van der Waals surface area contributed by atoms with Gasteiger partial charge in [0, 0.05) is 0 Å². The van der Waals surface area contributed by atoms with Gasteiger partial charge in [-0.05, 0) is 42.6 Å². The van der Waals surface area contributed by atoms with Crippen LogP contribution in [0.5, 0.6) is 0 Å². The highest BCUT2D eigenvalue weighted by Gasteiger charge is 2.50. The molecule has 0 unspecified atom stereocenters. The van der Waals surface area contributed by atoms with Crippen molar-refractivity contribution in [2.45, 2.75) is 70.8 Å². The van der Waals surface area contributed by atoms with Crippen molar-refractivity contribution >= 4 is 20.3 Å². The highest BCUT2D eigenvalue weighted by Crippen LogP contribution is 2.45. The number of carbonyl (C=O) groups is 2. The van der Waals surface area contributed by atoms with Crippen LogP contribution in [0.2, 0.25) is 18.1 Å². The fourth-order valence-electron chi connectivity index (χ4n) is 4.06. The van der Waals surface area contributed by atoms with Crippen LogP contribution in [0.15, 0.2) is 60.7 Å². The topological polar surface area (TPSA) is 55.8 Å². The molecule has 5 nitrogen and oxygen atoms in total. The Hall–Kier alpha value is -2.44. The first-order chi connectivity index (χ1) is 15.4. The van der Waals surface area contributed by atoms with Gasteiger partial charge in [-0.2, -0.15) is 0 Å². The Labute approximate surface area is 199 Å². The molecule has 6 heteroatoms. The number of cyclic esters (lactones) is 1. The number of hydrogen-bond acceptors (Lipinski definition) is 4. The molecule has 0 aromatic heterocycles. The molecule has 1 heterocycles. The maximum absolute atomic E-state index is 13.9. The first kappa shape index (κ1) is 25.2. The van der Waals surface area contributed by atoms with Crippen LogP contribution in [0.25, 0.3) is 0 Å². The second kappa shape index (κ2) is 9.43. The van der Waals surface area contributed by atoms with Crippen LogP contribution >= 0.6 is 0 Å².